The van der Waals surface area contributed by atoms with Crippen LogP contribution in [0.15, 0.2) is 11.1 Å². The van der Waals surface area contributed by atoms with Gasteiger partial charge < -0.3 is 5.11 Å². The van der Waals surface area contributed by atoms with Crippen LogP contribution in [0.4, 0.5) is 0 Å². The van der Waals surface area contributed by atoms with Gasteiger partial charge in [0, 0.05) is 21.9 Å². The number of hydrogen-bond donors (Lipinski definition) is 1. The third-order valence-corrected chi connectivity index (χ3v) is 4.17. The number of aryl methyl sites for hydroxylation is 1. The maximum absolute atomic E-state index is 9.08. The zero-order valence-electron chi connectivity index (χ0n) is 8.12. The number of aliphatic hydroxyl groups excluding tert-OH is 1. The number of fused-ring (bicyclic) bond motifs is 1. The van der Waals surface area contributed by atoms with Crippen molar-refractivity contribution in [3.05, 3.63) is 21.4 Å². The van der Waals surface area contributed by atoms with Gasteiger partial charge in [0.05, 0.1) is 11.7 Å². The fraction of sp³-hybridized carbons (Fsp3) is 0.500. The zero-order chi connectivity index (χ0) is 9.97. The number of aliphatic hydroxyl groups is 1. The average Bonchev–Trinajstić information content (AvgIpc) is 2.53. The van der Waals surface area contributed by atoms with Crippen LogP contribution in [0.2, 0.25) is 0 Å². The lowest BCUT2D eigenvalue weighted by Crippen LogP contribution is -1.93. The molecule has 76 valence electrons. The second-order valence-electron chi connectivity index (χ2n) is 3.20. The Morgan fingerprint density at radius 3 is 3.21 bits per heavy atom. The summed E-state index contributed by atoms with van der Waals surface area (Å²) in [5, 5.41) is 10.2. The Morgan fingerprint density at radius 2 is 2.50 bits per heavy atom. The van der Waals surface area contributed by atoms with E-state index in [1.54, 1.807) is 23.1 Å². The Hall–Kier alpha value is -0.320. The predicted molar refractivity (Wildman–Crippen MR) is 63.5 cm³/mol. The lowest BCUT2D eigenvalue weighted by molar-refractivity contribution is 0.285. The van der Waals surface area contributed by atoms with Crippen molar-refractivity contribution in [1.29, 1.82) is 0 Å². The van der Waals surface area contributed by atoms with Gasteiger partial charge in [-0.05, 0) is 25.2 Å². The van der Waals surface area contributed by atoms with Crippen LogP contribution in [0.3, 0.4) is 0 Å². The van der Waals surface area contributed by atoms with Crippen molar-refractivity contribution in [3.63, 3.8) is 0 Å². The molecular formula is C10H13NOS2. The maximum atomic E-state index is 9.08. The summed E-state index contributed by atoms with van der Waals surface area (Å²) in [7, 11) is 0. The van der Waals surface area contributed by atoms with E-state index in [2.05, 4.69) is 17.3 Å². The molecule has 1 aliphatic rings. The molecule has 0 aromatic carbocycles. The van der Waals surface area contributed by atoms with Gasteiger partial charge in [-0.3, -0.25) is 4.99 Å². The molecule has 0 saturated carbocycles. The standard InChI is InChI=1S/C10H13NOS2/c1-13-10-8-5-7(6-12)14-9(8)3-2-4-11-10/h5,12H,2-4,6H2,1H3. The largest absolute Gasteiger partial charge is 0.391 e. The fourth-order valence-electron chi connectivity index (χ4n) is 1.61. The number of rotatable bonds is 1. The van der Waals surface area contributed by atoms with Crippen LogP contribution in [0.25, 0.3) is 0 Å². The Bertz CT molecular complexity index is 357. The summed E-state index contributed by atoms with van der Waals surface area (Å²) in [4.78, 5) is 6.98. The molecule has 14 heavy (non-hydrogen) atoms. The first-order chi connectivity index (χ1) is 6.85. The monoisotopic (exact) mass is 227 g/mol. The number of thiophene rings is 1. The van der Waals surface area contributed by atoms with E-state index in [4.69, 9.17) is 5.11 Å². The number of thioether (sulfide) groups is 1. The van der Waals surface area contributed by atoms with Crippen molar-refractivity contribution < 1.29 is 5.11 Å². The Morgan fingerprint density at radius 1 is 1.64 bits per heavy atom. The van der Waals surface area contributed by atoms with Crippen molar-refractivity contribution in [2.45, 2.75) is 19.4 Å². The van der Waals surface area contributed by atoms with Gasteiger partial charge in [-0.15, -0.1) is 23.1 Å². The number of aliphatic imine (C=N–C) groups is 1. The first-order valence-electron chi connectivity index (χ1n) is 4.66. The quantitative estimate of drug-likeness (QED) is 0.798. The van der Waals surface area contributed by atoms with E-state index in [1.165, 1.54) is 10.4 Å². The van der Waals surface area contributed by atoms with Crippen LogP contribution in [0.1, 0.15) is 21.7 Å². The summed E-state index contributed by atoms with van der Waals surface area (Å²) in [5.74, 6) is 0. The van der Waals surface area contributed by atoms with Crippen LogP contribution in [0.5, 0.6) is 0 Å². The van der Waals surface area contributed by atoms with Crippen molar-refractivity contribution in [3.8, 4) is 0 Å². The molecule has 0 amide bonds. The highest BCUT2D eigenvalue weighted by atomic mass is 32.2. The van der Waals surface area contributed by atoms with E-state index < -0.39 is 0 Å². The molecule has 0 atom stereocenters. The highest BCUT2D eigenvalue weighted by molar-refractivity contribution is 8.13. The van der Waals surface area contributed by atoms with Gasteiger partial charge in [-0.2, -0.15) is 0 Å². The van der Waals surface area contributed by atoms with Crippen molar-refractivity contribution in [1.82, 2.24) is 0 Å². The van der Waals surface area contributed by atoms with Crippen LogP contribution in [0, 0.1) is 0 Å². The molecule has 0 saturated heterocycles. The third kappa shape index (κ3) is 1.87. The normalized spacial score (nSPS) is 16.0. The molecule has 1 N–H and O–H groups in total. The molecule has 2 heterocycles. The molecular weight excluding hydrogens is 214 g/mol. The molecule has 0 spiro atoms. The smallest absolute Gasteiger partial charge is 0.0985 e. The Balaban J connectivity index is 2.42. The van der Waals surface area contributed by atoms with Crippen molar-refractivity contribution in [2.75, 3.05) is 12.8 Å². The minimum absolute atomic E-state index is 0.152. The van der Waals surface area contributed by atoms with Gasteiger partial charge >= 0.3 is 0 Å². The van der Waals surface area contributed by atoms with Gasteiger partial charge in [0.1, 0.15) is 0 Å². The summed E-state index contributed by atoms with van der Waals surface area (Å²) in [5.41, 5.74) is 1.25. The van der Waals surface area contributed by atoms with E-state index in [-0.39, 0.29) is 6.61 Å². The van der Waals surface area contributed by atoms with Crippen LogP contribution >= 0.6 is 23.1 Å². The van der Waals surface area contributed by atoms with Gasteiger partial charge in [0.2, 0.25) is 0 Å². The van der Waals surface area contributed by atoms with E-state index in [0.29, 0.717) is 0 Å². The Labute approximate surface area is 92.1 Å². The molecule has 4 heteroatoms. The second kappa shape index (κ2) is 4.47. The third-order valence-electron chi connectivity index (χ3n) is 2.26. The highest BCUT2D eigenvalue weighted by Crippen LogP contribution is 2.29. The summed E-state index contributed by atoms with van der Waals surface area (Å²) >= 11 is 3.42. The predicted octanol–water partition coefficient (Wildman–Crippen LogP) is 2.30. The van der Waals surface area contributed by atoms with Crippen molar-refractivity contribution >= 4 is 28.1 Å². The molecule has 1 aromatic rings. The number of hydrogen-bond acceptors (Lipinski definition) is 4. The molecule has 0 aliphatic carbocycles. The summed E-state index contributed by atoms with van der Waals surface area (Å²) in [6, 6.07) is 2.08. The van der Waals surface area contributed by atoms with E-state index in [1.807, 2.05) is 0 Å². The molecule has 2 rings (SSSR count). The molecule has 1 aromatic heterocycles. The van der Waals surface area contributed by atoms with Gasteiger partial charge in [0.15, 0.2) is 0 Å². The summed E-state index contributed by atoms with van der Waals surface area (Å²) < 4.78 is 0. The lowest BCUT2D eigenvalue weighted by atomic mass is 10.2. The SMILES string of the molecule is CSC1=NCCCc2sc(CO)cc21. The van der Waals surface area contributed by atoms with Gasteiger partial charge in [-0.1, -0.05) is 0 Å². The van der Waals surface area contributed by atoms with Gasteiger partial charge in [0.25, 0.3) is 0 Å². The topological polar surface area (TPSA) is 32.6 Å². The summed E-state index contributed by atoms with van der Waals surface area (Å²) in [6.07, 6.45) is 4.29. The number of nitrogens with zero attached hydrogens (tertiary/aromatic N) is 1. The van der Waals surface area contributed by atoms with E-state index in [9.17, 15) is 0 Å². The molecule has 2 nitrogen and oxygen atoms in total. The maximum Gasteiger partial charge on any atom is 0.0985 e. The molecule has 0 radical (unpaired) electrons. The van der Waals surface area contributed by atoms with E-state index in [0.717, 1.165) is 29.3 Å². The molecule has 0 bridgehead atoms. The minimum atomic E-state index is 0.152. The van der Waals surface area contributed by atoms with Crippen LogP contribution in [-0.4, -0.2) is 23.0 Å². The molecule has 0 unspecified atom stereocenters. The van der Waals surface area contributed by atoms with Crippen LogP contribution < -0.4 is 0 Å². The van der Waals surface area contributed by atoms with Crippen LogP contribution in [-0.2, 0) is 13.0 Å². The zero-order valence-corrected chi connectivity index (χ0v) is 9.75. The molecule has 0 fully saturated rings. The van der Waals surface area contributed by atoms with Gasteiger partial charge in [-0.25, -0.2) is 0 Å². The van der Waals surface area contributed by atoms with Crippen molar-refractivity contribution in [2.24, 2.45) is 4.99 Å². The lowest BCUT2D eigenvalue weighted by Gasteiger charge is -1.99. The highest BCUT2D eigenvalue weighted by Gasteiger charge is 2.15. The minimum Gasteiger partial charge on any atom is -0.391 e. The second-order valence-corrected chi connectivity index (χ2v) is 5.22. The average molecular weight is 227 g/mol. The first-order valence-corrected chi connectivity index (χ1v) is 6.70. The first kappa shape index (κ1) is 10.2. The van der Waals surface area contributed by atoms with E-state index >= 15 is 0 Å². The molecule has 1 aliphatic heterocycles. The fourth-order valence-corrected chi connectivity index (χ4v) is 3.37. The Kier molecular flexibility index (Phi) is 3.26. The summed E-state index contributed by atoms with van der Waals surface area (Å²) in [6.45, 7) is 1.09.